The van der Waals surface area contributed by atoms with Gasteiger partial charge in [0.25, 0.3) is 5.91 Å². The molecular formula is C16H23N3O4S. The second kappa shape index (κ2) is 6.52. The van der Waals surface area contributed by atoms with E-state index in [1.165, 1.54) is 24.3 Å². The Morgan fingerprint density at radius 2 is 1.83 bits per heavy atom. The van der Waals surface area contributed by atoms with Gasteiger partial charge in [-0.2, -0.15) is 0 Å². The van der Waals surface area contributed by atoms with E-state index < -0.39 is 15.9 Å². The number of benzene rings is 1. The number of hydrogen-bond acceptors (Lipinski definition) is 5. The highest BCUT2D eigenvalue weighted by molar-refractivity contribution is 7.94. The summed E-state index contributed by atoms with van der Waals surface area (Å²) < 4.78 is 24.6. The van der Waals surface area contributed by atoms with Crippen molar-refractivity contribution in [1.82, 2.24) is 10.2 Å². The van der Waals surface area contributed by atoms with Crippen LogP contribution >= 0.6 is 0 Å². The Balaban J connectivity index is 2.10. The zero-order valence-corrected chi connectivity index (χ0v) is 15.2. The number of likely N-dealkylation sites (N-methyl/N-ethyl adjacent to an activating group) is 1. The number of nitrogens with one attached hydrogen (secondary N) is 1. The van der Waals surface area contributed by atoms with Crippen LogP contribution in [-0.4, -0.2) is 57.1 Å². The van der Waals surface area contributed by atoms with Crippen LogP contribution in [0.3, 0.4) is 0 Å². The van der Waals surface area contributed by atoms with Crippen LogP contribution in [0.5, 0.6) is 0 Å². The first-order valence-corrected chi connectivity index (χ1v) is 9.27. The zero-order valence-electron chi connectivity index (χ0n) is 14.4. The first-order valence-electron chi connectivity index (χ1n) is 7.66. The van der Waals surface area contributed by atoms with Gasteiger partial charge in [0.05, 0.1) is 11.4 Å². The van der Waals surface area contributed by atoms with E-state index in [4.69, 9.17) is 0 Å². The Hall–Kier alpha value is -1.93. The molecule has 1 saturated heterocycles. The molecule has 1 aliphatic rings. The average molecular weight is 353 g/mol. The van der Waals surface area contributed by atoms with Crippen LogP contribution in [0.15, 0.2) is 24.3 Å². The summed E-state index contributed by atoms with van der Waals surface area (Å²) in [4.78, 5) is 26.0. The molecule has 1 aromatic carbocycles. The molecule has 2 amide bonds. The SMILES string of the molecule is CN(C)C(C)(C)CNC(=O)c1ccc(N2C(=O)CCS2(=O)=O)cc1. The van der Waals surface area contributed by atoms with Gasteiger partial charge in [-0.15, -0.1) is 0 Å². The van der Waals surface area contributed by atoms with Crippen molar-refractivity contribution < 1.29 is 18.0 Å². The molecule has 1 heterocycles. The summed E-state index contributed by atoms with van der Waals surface area (Å²) >= 11 is 0. The van der Waals surface area contributed by atoms with Crippen LogP contribution in [0, 0.1) is 0 Å². The number of carbonyl (C=O) groups excluding carboxylic acids is 2. The predicted molar refractivity (Wildman–Crippen MR) is 92.4 cm³/mol. The molecular weight excluding hydrogens is 330 g/mol. The van der Waals surface area contributed by atoms with Crippen LogP contribution in [0.1, 0.15) is 30.6 Å². The van der Waals surface area contributed by atoms with E-state index in [-0.39, 0.29) is 29.3 Å². The highest BCUT2D eigenvalue weighted by Gasteiger charge is 2.36. The molecule has 0 bridgehead atoms. The summed E-state index contributed by atoms with van der Waals surface area (Å²) in [5.74, 6) is -0.861. The molecule has 0 aromatic heterocycles. The third-order valence-corrected chi connectivity index (χ3v) is 6.03. The van der Waals surface area contributed by atoms with Crippen molar-refractivity contribution in [3.05, 3.63) is 29.8 Å². The molecule has 0 saturated carbocycles. The summed E-state index contributed by atoms with van der Waals surface area (Å²) in [5, 5.41) is 2.86. The van der Waals surface area contributed by atoms with Gasteiger partial charge in [-0.25, -0.2) is 12.7 Å². The van der Waals surface area contributed by atoms with Gasteiger partial charge >= 0.3 is 0 Å². The van der Waals surface area contributed by atoms with Crippen LogP contribution in [0.25, 0.3) is 0 Å². The van der Waals surface area contributed by atoms with E-state index in [1.807, 2.05) is 32.8 Å². The summed E-state index contributed by atoms with van der Waals surface area (Å²) in [6, 6.07) is 6.00. The van der Waals surface area contributed by atoms with Crippen molar-refractivity contribution in [3.8, 4) is 0 Å². The van der Waals surface area contributed by atoms with Gasteiger partial charge in [0.1, 0.15) is 0 Å². The monoisotopic (exact) mass is 353 g/mol. The first kappa shape index (κ1) is 18.4. The van der Waals surface area contributed by atoms with Gasteiger partial charge < -0.3 is 10.2 Å². The smallest absolute Gasteiger partial charge is 0.251 e. The Labute approximate surface area is 142 Å². The number of hydrogen-bond donors (Lipinski definition) is 1. The largest absolute Gasteiger partial charge is 0.350 e. The van der Waals surface area contributed by atoms with Crippen LogP contribution in [0.2, 0.25) is 0 Å². The molecule has 0 radical (unpaired) electrons. The first-order chi connectivity index (χ1) is 11.0. The second-order valence-electron chi connectivity index (χ2n) is 6.66. The third-order valence-electron chi connectivity index (χ3n) is 4.33. The van der Waals surface area contributed by atoms with Gasteiger partial charge in [0, 0.05) is 24.1 Å². The number of rotatable bonds is 5. The minimum Gasteiger partial charge on any atom is -0.350 e. The highest BCUT2D eigenvalue weighted by Crippen LogP contribution is 2.25. The molecule has 2 rings (SSSR count). The molecule has 7 nitrogen and oxygen atoms in total. The lowest BCUT2D eigenvalue weighted by atomic mass is 10.0. The molecule has 0 unspecified atom stereocenters. The van der Waals surface area contributed by atoms with E-state index in [0.29, 0.717) is 12.1 Å². The van der Waals surface area contributed by atoms with E-state index in [1.54, 1.807) is 0 Å². The Bertz CT molecular complexity index is 739. The molecule has 8 heteroatoms. The molecule has 24 heavy (non-hydrogen) atoms. The number of sulfonamides is 1. The van der Waals surface area contributed by atoms with Crippen LogP contribution < -0.4 is 9.62 Å². The lowest BCUT2D eigenvalue weighted by molar-refractivity contribution is -0.116. The Morgan fingerprint density at radius 1 is 1.25 bits per heavy atom. The highest BCUT2D eigenvalue weighted by atomic mass is 32.2. The van der Waals surface area contributed by atoms with Crippen LogP contribution in [-0.2, 0) is 14.8 Å². The zero-order chi connectivity index (χ0) is 18.1. The van der Waals surface area contributed by atoms with Crippen molar-refractivity contribution in [2.45, 2.75) is 25.8 Å². The number of carbonyl (C=O) groups is 2. The second-order valence-corrected chi connectivity index (χ2v) is 8.60. The third kappa shape index (κ3) is 3.76. The van der Waals surface area contributed by atoms with E-state index >= 15 is 0 Å². The van der Waals surface area contributed by atoms with Crippen LogP contribution in [0.4, 0.5) is 5.69 Å². The number of amides is 2. The van der Waals surface area contributed by atoms with E-state index in [0.717, 1.165) is 4.31 Å². The summed E-state index contributed by atoms with van der Waals surface area (Å²) in [5.41, 5.74) is 0.492. The van der Waals surface area contributed by atoms with Crippen molar-refractivity contribution >= 4 is 27.5 Å². The van der Waals surface area contributed by atoms with Gasteiger partial charge in [0.2, 0.25) is 15.9 Å². The maximum absolute atomic E-state index is 12.2. The van der Waals surface area contributed by atoms with Crippen molar-refractivity contribution in [3.63, 3.8) is 0 Å². The fraction of sp³-hybridized carbons (Fsp3) is 0.500. The fourth-order valence-electron chi connectivity index (χ4n) is 2.17. The fourth-order valence-corrected chi connectivity index (χ4v) is 3.63. The molecule has 1 N–H and O–H groups in total. The van der Waals surface area contributed by atoms with Crippen molar-refractivity contribution in [2.24, 2.45) is 0 Å². The molecule has 132 valence electrons. The van der Waals surface area contributed by atoms with Gasteiger partial charge in [-0.1, -0.05) is 0 Å². The number of anilines is 1. The normalized spacial score (nSPS) is 17.4. The quantitative estimate of drug-likeness (QED) is 0.847. The molecule has 0 atom stereocenters. The summed E-state index contributed by atoms with van der Waals surface area (Å²) in [6.07, 6.45) is -0.00973. The molecule has 1 fully saturated rings. The summed E-state index contributed by atoms with van der Waals surface area (Å²) in [7, 11) is 0.294. The lowest BCUT2D eigenvalue weighted by Gasteiger charge is -2.32. The molecule has 1 aliphatic heterocycles. The summed E-state index contributed by atoms with van der Waals surface area (Å²) in [6.45, 7) is 4.50. The van der Waals surface area contributed by atoms with Gasteiger partial charge in [-0.05, 0) is 52.2 Å². The average Bonchev–Trinajstić information content (AvgIpc) is 2.78. The predicted octanol–water partition coefficient (Wildman–Crippen LogP) is 0.823. The Morgan fingerprint density at radius 3 is 2.29 bits per heavy atom. The van der Waals surface area contributed by atoms with E-state index in [2.05, 4.69) is 5.32 Å². The van der Waals surface area contributed by atoms with Crippen molar-refractivity contribution in [1.29, 1.82) is 0 Å². The number of nitrogens with zero attached hydrogens (tertiary/aromatic N) is 2. The minimum atomic E-state index is -3.58. The standard InChI is InChI=1S/C16H23N3O4S/c1-16(2,18(3)4)11-17-15(21)12-5-7-13(8-6-12)19-14(20)9-10-24(19,22)23/h5-8H,9-11H2,1-4H3,(H,17,21). The van der Waals surface area contributed by atoms with E-state index in [9.17, 15) is 18.0 Å². The lowest BCUT2D eigenvalue weighted by Crippen LogP contribution is -2.48. The van der Waals surface area contributed by atoms with Crippen molar-refractivity contribution in [2.75, 3.05) is 30.7 Å². The topological polar surface area (TPSA) is 86.8 Å². The minimum absolute atomic E-state index is 0.00973. The maximum Gasteiger partial charge on any atom is 0.251 e. The molecule has 1 aromatic rings. The maximum atomic E-state index is 12.2. The Kier molecular flexibility index (Phi) is 5.00. The molecule has 0 aliphatic carbocycles. The van der Waals surface area contributed by atoms with Gasteiger partial charge in [0.15, 0.2) is 0 Å². The van der Waals surface area contributed by atoms with Gasteiger partial charge in [-0.3, -0.25) is 9.59 Å². The molecule has 0 spiro atoms.